The lowest BCUT2D eigenvalue weighted by Gasteiger charge is -2.28. The van der Waals surface area contributed by atoms with Gasteiger partial charge < -0.3 is 10.4 Å². The molecule has 1 aromatic carbocycles. The molecule has 0 aliphatic heterocycles. The van der Waals surface area contributed by atoms with Crippen LogP contribution in [0.2, 0.25) is 0 Å². The van der Waals surface area contributed by atoms with E-state index in [1.54, 1.807) is 0 Å². The molecule has 0 amide bonds. The van der Waals surface area contributed by atoms with E-state index in [9.17, 15) is 5.11 Å². The van der Waals surface area contributed by atoms with E-state index in [-0.39, 0.29) is 23.2 Å². The van der Waals surface area contributed by atoms with Crippen LogP contribution >= 0.6 is 12.4 Å². The summed E-state index contributed by atoms with van der Waals surface area (Å²) in [5.74, 6) is 0.454. The summed E-state index contributed by atoms with van der Waals surface area (Å²) in [5.41, 5.74) is 3.19. The van der Waals surface area contributed by atoms with Crippen molar-refractivity contribution in [2.45, 2.75) is 58.9 Å². The van der Waals surface area contributed by atoms with Gasteiger partial charge in [0.25, 0.3) is 0 Å². The van der Waals surface area contributed by atoms with E-state index in [1.807, 2.05) is 7.05 Å². The van der Waals surface area contributed by atoms with Crippen molar-refractivity contribution in [1.82, 2.24) is 5.32 Å². The van der Waals surface area contributed by atoms with Gasteiger partial charge in [-0.05, 0) is 34.6 Å². The Labute approximate surface area is 124 Å². The van der Waals surface area contributed by atoms with Gasteiger partial charge in [0.2, 0.25) is 0 Å². The molecule has 0 saturated carbocycles. The lowest BCUT2D eigenvalue weighted by Crippen LogP contribution is -2.19. The van der Waals surface area contributed by atoms with Crippen LogP contribution in [-0.4, -0.2) is 12.2 Å². The monoisotopic (exact) mass is 285 g/mol. The Hall–Kier alpha value is -0.730. The number of halogens is 1. The van der Waals surface area contributed by atoms with Gasteiger partial charge in [0.1, 0.15) is 5.75 Å². The van der Waals surface area contributed by atoms with Crippen molar-refractivity contribution in [2.24, 2.45) is 0 Å². The number of hydrogen-bond acceptors (Lipinski definition) is 2. The average Bonchev–Trinajstić information content (AvgIpc) is 2.17. The number of benzene rings is 1. The minimum Gasteiger partial charge on any atom is -0.507 e. The molecule has 0 aromatic heterocycles. The second kappa shape index (κ2) is 6.15. The van der Waals surface area contributed by atoms with Gasteiger partial charge in [-0.2, -0.15) is 0 Å². The molecular weight excluding hydrogens is 258 g/mol. The van der Waals surface area contributed by atoms with Crippen LogP contribution in [0.25, 0.3) is 0 Å². The van der Waals surface area contributed by atoms with Crippen LogP contribution in [0.15, 0.2) is 12.1 Å². The fourth-order valence-electron chi connectivity index (χ4n) is 2.14. The second-order valence-electron chi connectivity index (χ2n) is 7.07. The van der Waals surface area contributed by atoms with Crippen LogP contribution in [0.5, 0.6) is 5.75 Å². The first-order valence-corrected chi connectivity index (χ1v) is 6.59. The molecule has 0 heterocycles. The molecule has 0 atom stereocenters. The van der Waals surface area contributed by atoms with Gasteiger partial charge in [0.05, 0.1) is 0 Å². The number of nitrogens with one attached hydrogen (secondary N) is 1. The first-order chi connectivity index (χ1) is 8.07. The normalized spacial score (nSPS) is 12.2. The van der Waals surface area contributed by atoms with E-state index in [4.69, 9.17) is 0 Å². The van der Waals surface area contributed by atoms with Gasteiger partial charge in [-0.1, -0.05) is 53.7 Å². The minimum absolute atomic E-state index is 0. The predicted molar refractivity (Wildman–Crippen MR) is 85.5 cm³/mol. The van der Waals surface area contributed by atoms with E-state index in [1.165, 1.54) is 5.56 Å². The fraction of sp³-hybridized carbons (Fsp3) is 0.625. The molecule has 1 rings (SSSR count). The summed E-state index contributed by atoms with van der Waals surface area (Å²) in [5, 5.41) is 13.7. The Morgan fingerprint density at radius 2 is 1.32 bits per heavy atom. The summed E-state index contributed by atoms with van der Waals surface area (Å²) >= 11 is 0. The zero-order valence-electron chi connectivity index (χ0n) is 13.2. The summed E-state index contributed by atoms with van der Waals surface area (Å²) in [6.07, 6.45) is 0. The molecule has 2 nitrogen and oxygen atoms in total. The van der Waals surface area contributed by atoms with E-state index in [0.717, 1.165) is 17.7 Å². The maximum atomic E-state index is 10.5. The van der Waals surface area contributed by atoms with Crippen molar-refractivity contribution in [1.29, 1.82) is 0 Å². The summed E-state index contributed by atoms with van der Waals surface area (Å²) in [4.78, 5) is 0. The molecule has 0 fully saturated rings. The standard InChI is InChI=1S/C16H27NO.ClH/c1-15(2,3)12-8-11(10-17-7)9-13(14(12)18)16(4,5)6;/h8-9,17-18H,10H2,1-7H3;1H. The van der Waals surface area contributed by atoms with Crippen molar-refractivity contribution < 1.29 is 5.11 Å². The maximum Gasteiger partial charge on any atom is 0.123 e. The van der Waals surface area contributed by atoms with Gasteiger partial charge in [0.15, 0.2) is 0 Å². The molecule has 2 N–H and O–H groups in total. The first kappa shape index (κ1) is 18.3. The topological polar surface area (TPSA) is 32.3 Å². The molecule has 1 aromatic rings. The van der Waals surface area contributed by atoms with Crippen molar-refractivity contribution in [3.63, 3.8) is 0 Å². The third-order valence-electron chi connectivity index (χ3n) is 3.17. The molecule has 0 radical (unpaired) electrons. The van der Waals surface area contributed by atoms with Crippen LogP contribution in [0.1, 0.15) is 58.2 Å². The zero-order valence-corrected chi connectivity index (χ0v) is 14.0. The summed E-state index contributed by atoms with van der Waals surface area (Å²) in [7, 11) is 1.94. The molecule has 19 heavy (non-hydrogen) atoms. The van der Waals surface area contributed by atoms with E-state index in [0.29, 0.717) is 5.75 Å². The number of phenols is 1. The summed E-state index contributed by atoms with van der Waals surface area (Å²) in [6, 6.07) is 4.22. The van der Waals surface area contributed by atoms with Gasteiger partial charge in [-0.25, -0.2) is 0 Å². The van der Waals surface area contributed by atoms with Crippen LogP contribution in [0, 0.1) is 0 Å². The quantitative estimate of drug-likeness (QED) is 0.856. The number of aromatic hydroxyl groups is 1. The Balaban J connectivity index is 0.00000324. The molecule has 0 aliphatic rings. The van der Waals surface area contributed by atoms with Crippen molar-refractivity contribution >= 4 is 12.4 Å². The number of hydrogen-bond donors (Lipinski definition) is 2. The van der Waals surface area contributed by atoms with Crippen LogP contribution in [0.3, 0.4) is 0 Å². The van der Waals surface area contributed by atoms with Crippen molar-refractivity contribution in [3.05, 3.63) is 28.8 Å². The summed E-state index contributed by atoms with van der Waals surface area (Å²) < 4.78 is 0. The zero-order chi connectivity index (χ0) is 14.1. The van der Waals surface area contributed by atoms with Gasteiger partial charge in [0, 0.05) is 6.54 Å². The number of phenolic OH excluding ortho intramolecular Hbond substituents is 1. The fourth-order valence-corrected chi connectivity index (χ4v) is 2.14. The Morgan fingerprint density at radius 1 is 0.947 bits per heavy atom. The van der Waals surface area contributed by atoms with E-state index in [2.05, 4.69) is 59.0 Å². The van der Waals surface area contributed by atoms with E-state index >= 15 is 0 Å². The number of rotatable bonds is 2. The van der Waals surface area contributed by atoms with Gasteiger partial charge in [-0.3, -0.25) is 0 Å². The van der Waals surface area contributed by atoms with Crippen LogP contribution in [-0.2, 0) is 17.4 Å². The van der Waals surface area contributed by atoms with Gasteiger partial charge in [-0.15, -0.1) is 12.4 Å². The molecule has 0 unspecified atom stereocenters. The van der Waals surface area contributed by atoms with Crippen LogP contribution < -0.4 is 5.32 Å². The molecule has 3 heteroatoms. The highest BCUT2D eigenvalue weighted by Gasteiger charge is 2.26. The average molecular weight is 286 g/mol. The lowest BCUT2D eigenvalue weighted by atomic mass is 9.78. The summed E-state index contributed by atoms with van der Waals surface area (Å²) in [6.45, 7) is 13.6. The molecule has 0 spiro atoms. The van der Waals surface area contributed by atoms with Gasteiger partial charge >= 0.3 is 0 Å². The highest BCUT2D eigenvalue weighted by molar-refractivity contribution is 5.85. The predicted octanol–water partition coefficient (Wildman–Crippen LogP) is 4.13. The largest absolute Gasteiger partial charge is 0.507 e. The Kier molecular flexibility index (Phi) is 5.91. The maximum absolute atomic E-state index is 10.5. The Bertz CT molecular complexity index is 392. The third kappa shape index (κ3) is 4.39. The highest BCUT2D eigenvalue weighted by atomic mass is 35.5. The molecular formula is C16H28ClNO. The first-order valence-electron chi connectivity index (χ1n) is 6.59. The SMILES string of the molecule is CNCc1cc(C(C)(C)C)c(O)c(C(C)(C)C)c1.Cl. The molecule has 0 aliphatic carbocycles. The Morgan fingerprint density at radius 3 is 1.58 bits per heavy atom. The van der Waals surface area contributed by atoms with E-state index < -0.39 is 0 Å². The minimum atomic E-state index is -0.0478. The highest BCUT2D eigenvalue weighted by Crippen LogP contribution is 2.39. The molecule has 110 valence electrons. The molecule has 0 saturated heterocycles. The second-order valence-corrected chi connectivity index (χ2v) is 7.07. The third-order valence-corrected chi connectivity index (χ3v) is 3.17. The van der Waals surface area contributed by atoms with Crippen molar-refractivity contribution in [2.75, 3.05) is 7.05 Å². The van der Waals surface area contributed by atoms with Crippen LogP contribution in [0.4, 0.5) is 0 Å². The lowest BCUT2D eigenvalue weighted by molar-refractivity contribution is 0.422. The van der Waals surface area contributed by atoms with Crippen molar-refractivity contribution in [3.8, 4) is 5.75 Å². The molecule has 0 bridgehead atoms. The smallest absolute Gasteiger partial charge is 0.123 e.